The number of halogens is 1. The Kier molecular flexibility index (Phi) is 5.72. The Bertz CT molecular complexity index is 471. The molecule has 1 aliphatic heterocycles. The van der Waals surface area contributed by atoms with Gasteiger partial charge in [0.05, 0.1) is 18.2 Å². The number of unbranched alkanes of at least 4 members (excludes halogenated alkanes) is 3. The summed E-state index contributed by atoms with van der Waals surface area (Å²) in [6.45, 7) is 3.38. The van der Waals surface area contributed by atoms with Crippen LogP contribution in [0.15, 0.2) is 12.1 Å². The third-order valence-corrected chi connectivity index (χ3v) is 3.71. The number of carbonyl (C=O) groups is 1. The van der Waals surface area contributed by atoms with Gasteiger partial charge in [-0.1, -0.05) is 37.8 Å². The molecule has 1 aromatic rings. The summed E-state index contributed by atoms with van der Waals surface area (Å²) < 4.78 is 11.2. The minimum atomic E-state index is 0.0850. The fourth-order valence-electron chi connectivity index (χ4n) is 2.24. The van der Waals surface area contributed by atoms with Crippen molar-refractivity contribution in [2.45, 2.75) is 45.4 Å². The monoisotopic (exact) mass is 296 g/mol. The van der Waals surface area contributed by atoms with Gasteiger partial charge in [0.2, 0.25) is 0 Å². The summed E-state index contributed by atoms with van der Waals surface area (Å²) in [5.74, 6) is 1.35. The molecule has 0 aromatic heterocycles. The van der Waals surface area contributed by atoms with Gasteiger partial charge in [0.25, 0.3) is 0 Å². The Labute approximate surface area is 125 Å². The third kappa shape index (κ3) is 3.89. The van der Waals surface area contributed by atoms with Crippen molar-refractivity contribution in [3.05, 3.63) is 22.7 Å². The Hall–Kier alpha value is -1.22. The summed E-state index contributed by atoms with van der Waals surface area (Å²) in [6.07, 6.45) is 5.72. The largest absolute Gasteiger partial charge is 0.490 e. The second-order valence-corrected chi connectivity index (χ2v) is 5.47. The normalized spacial score (nSPS) is 13.9. The van der Waals surface area contributed by atoms with Gasteiger partial charge in [0.15, 0.2) is 17.3 Å². The van der Waals surface area contributed by atoms with Gasteiger partial charge in [0, 0.05) is 24.5 Å². The molecule has 0 aliphatic carbocycles. The Balaban J connectivity index is 2.07. The molecule has 110 valence electrons. The Morgan fingerprint density at radius 1 is 1.15 bits per heavy atom. The van der Waals surface area contributed by atoms with Crippen molar-refractivity contribution in [2.75, 3.05) is 13.2 Å². The van der Waals surface area contributed by atoms with Crippen LogP contribution >= 0.6 is 11.6 Å². The van der Waals surface area contributed by atoms with Crippen molar-refractivity contribution >= 4 is 17.4 Å². The molecule has 0 fully saturated rings. The van der Waals surface area contributed by atoms with E-state index >= 15 is 0 Å². The van der Waals surface area contributed by atoms with Crippen molar-refractivity contribution in [1.29, 1.82) is 0 Å². The molecule has 0 unspecified atom stereocenters. The van der Waals surface area contributed by atoms with Crippen LogP contribution in [0.2, 0.25) is 5.02 Å². The molecule has 0 N–H and O–H groups in total. The minimum absolute atomic E-state index is 0.0850. The van der Waals surface area contributed by atoms with Crippen LogP contribution in [0, 0.1) is 0 Å². The van der Waals surface area contributed by atoms with Crippen molar-refractivity contribution < 1.29 is 14.3 Å². The number of fused-ring (bicyclic) bond motifs is 1. The quantitative estimate of drug-likeness (QED) is 0.566. The smallest absolute Gasteiger partial charge is 0.164 e. The van der Waals surface area contributed by atoms with E-state index in [-0.39, 0.29) is 5.78 Å². The first-order chi connectivity index (χ1) is 9.72. The molecular weight excluding hydrogens is 276 g/mol. The number of hydrogen-bond acceptors (Lipinski definition) is 3. The van der Waals surface area contributed by atoms with Crippen LogP contribution in [0.25, 0.3) is 0 Å². The lowest BCUT2D eigenvalue weighted by molar-refractivity contribution is 0.0979. The molecule has 0 amide bonds. The van der Waals surface area contributed by atoms with E-state index in [0.29, 0.717) is 41.7 Å². The molecule has 1 heterocycles. The second-order valence-electron chi connectivity index (χ2n) is 5.06. The molecule has 1 aliphatic rings. The summed E-state index contributed by atoms with van der Waals surface area (Å²) in [7, 11) is 0. The molecule has 2 rings (SSSR count). The van der Waals surface area contributed by atoms with E-state index in [1.165, 1.54) is 12.8 Å². The fourth-order valence-corrected chi connectivity index (χ4v) is 2.50. The highest BCUT2D eigenvalue weighted by molar-refractivity contribution is 6.34. The van der Waals surface area contributed by atoms with Crippen LogP contribution in [-0.2, 0) is 0 Å². The van der Waals surface area contributed by atoms with E-state index < -0.39 is 0 Å². The molecular formula is C16H21ClO3. The standard InChI is InChI=1S/C16H21ClO3/c1-2-3-4-5-7-14(18)12-10-15-16(11-13(12)17)20-9-6-8-19-15/h10-11H,2-9H2,1H3. The number of benzene rings is 1. The van der Waals surface area contributed by atoms with Crippen LogP contribution in [-0.4, -0.2) is 19.0 Å². The highest BCUT2D eigenvalue weighted by Gasteiger charge is 2.17. The van der Waals surface area contributed by atoms with Crippen LogP contribution in [0.5, 0.6) is 11.5 Å². The van der Waals surface area contributed by atoms with E-state index in [9.17, 15) is 4.79 Å². The molecule has 4 heteroatoms. The molecule has 0 saturated carbocycles. The lowest BCUT2D eigenvalue weighted by atomic mass is 10.0. The van der Waals surface area contributed by atoms with Gasteiger partial charge in [-0.3, -0.25) is 4.79 Å². The number of carbonyl (C=O) groups excluding carboxylic acids is 1. The molecule has 0 atom stereocenters. The van der Waals surface area contributed by atoms with Gasteiger partial charge in [-0.2, -0.15) is 0 Å². The summed E-state index contributed by atoms with van der Waals surface area (Å²) in [4.78, 5) is 12.2. The molecule has 20 heavy (non-hydrogen) atoms. The van der Waals surface area contributed by atoms with Crippen LogP contribution in [0.1, 0.15) is 55.8 Å². The molecule has 0 saturated heterocycles. The average molecular weight is 297 g/mol. The number of Topliss-reactive ketones (excluding diaryl/α,β-unsaturated/α-hetero) is 1. The topological polar surface area (TPSA) is 35.5 Å². The lowest BCUT2D eigenvalue weighted by Gasteiger charge is -2.11. The van der Waals surface area contributed by atoms with Gasteiger partial charge in [-0.05, 0) is 12.5 Å². The summed E-state index contributed by atoms with van der Waals surface area (Å²) in [5.41, 5.74) is 0.549. The highest BCUT2D eigenvalue weighted by Crippen LogP contribution is 2.35. The maximum atomic E-state index is 12.2. The van der Waals surface area contributed by atoms with Crippen molar-refractivity contribution in [3.8, 4) is 11.5 Å². The number of ether oxygens (including phenoxy) is 2. The predicted molar refractivity (Wildman–Crippen MR) is 80.1 cm³/mol. The molecule has 1 aromatic carbocycles. The van der Waals surface area contributed by atoms with Crippen molar-refractivity contribution in [1.82, 2.24) is 0 Å². The highest BCUT2D eigenvalue weighted by atomic mass is 35.5. The average Bonchev–Trinajstić information content (AvgIpc) is 2.67. The molecule has 0 bridgehead atoms. The maximum absolute atomic E-state index is 12.2. The van der Waals surface area contributed by atoms with Crippen LogP contribution in [0.3, 0.4) is 0 Å². The van der Waals surface area contributed by atoms with E-state index in [1.807, 2.05) is 0 Å². The lowest BCUT2D eigenvalue weighted by Crippen LogP contribution is -2.02. The zero-order valence-corrected chi connectivity index (χ0v) is 12.7. The van der Waals surface area contributed by atoms with E-state index in [2.05, 4.69) is 6.92 Å². The van der Waals surface area contributed by atoms with E-state index in [4.69, 9.17) is 21.1 Å². The first kappa shape index (κ1) is 15.2. The van der Waals surface area contributed by atoms with Crippen LogP contribution in [0.4, 0.5) is 0 Å². The number of rotatable bonds is 6. The number of hydrogen-bond donors (Lipinski definition) is 0. The molecule has 0 radical (unpaired) electrons. The SMILES string of the molecule is CCCCCCC(=O)c1cc2c(cc1Cl)OCCCO2. The van der Waals surface area contributed by atoms with Crippen molar-refractivity contribution in [2.24, 2.45) is 0 Å². The zero-order valence-electron chi connectivity index (χ0n) is 11.9. The van der Waals surface area contributed by atoms with Crippen molar-refractivity contribution in [3.63, 3.8) is 0 Å². The van der Waals surface area contributed by atoms with Gasteiger partial charge in [0.1, 0.15) is 0 Å². The van der Waals surface area contributed by atoms with E-state index in [1.54, 1.807) is 12.1 Å². The van der Waals surface area contributed by atoms with Gasteiger partial charge in [-0.25, -0.2) is 0 Å². The molecule has 3 nitrogen and oxygen atoms in total. The first-order valence-corrected chi connectivity index (χ1v) is 7.72. The number of ketones is 1. The Morgan fingerprint density at radius 2 is 1.85 bits per heavy atom. The summed E-state index contributed by atoms with van der Waals surface area (Å²) in [6, 6.07) is 3.42. The zero-order chi connectivity index (χ0) is 14.4. The first-order valence-electron chi connectivity index (χ1n) is 7.34. The Morgan fingerprint density at radius 3 is 2.55 bits per heavy atom. The minimum Gasteiger partial charge on any atom is -0.490 e. The predicted octanol–water partition coefficient (Wildman–Crippen LogP) is 4.65. The summed E-state index contributed by atoms with van der Waals surface area (Å²) in [5, 5.41) is 0.453. The van der Waals surface area contributed by atoms with Gasteiger partial charge < -0.3 is 9.47 Å². The molecule has 0 spiro atoms. The van der Waals surface area contributed by atoms with E-state index in [0.717, 1.165) is 19.3 Å². The third-order valence-electron chi connectivity index (χ3n) is 3.40. The maximum Gasteiger partial charge on any atom is 0.164 e. The second kappa shape index (κ2) is 7.53. The van der Waals surface area contributed by atoms with Gasteiger partial charge in [-0.15, -0.1) is 0 Å². The van der Waals surface area contributed by atoms with Crippen LogP contribution < -0.4 is 9.47 Å². The summed E-state index contributed by atoms with van der Waals surface area (Å²) >= 11 is 6.19. The fraction of sp³-hybridized carbons (Fsp3) is 0.562. The van der Waals surface area contributed by atoms with Gasteiger partial charge >= 0.3 is 0 Å².